The van der Waals surface area contributed by atoms with E-state index < -0.39 is 42.4 Å². The van der Waals surface area contributed by atoms with Crippen LogP contribution >= 0.6 is 0 Å². The van der Waals surface area contributed by atoms with Gasteiger partial charge in [-0.25, -0.2) is 9.59 Å². The van der Waals surface area contributed by atoms with E-state index in [1.165, 1.54) is 0 Å². The molecule has 0 rings (SSSR count). The summed E-state index contributed by atoms with van der Waals surface area (Å²) in [5, 5.41) is 13.2. The van der Waals surface area contributed by atoms with Crippen molar-refractivity contribution in [3.8, 4) is 0 Å². The van der Waals surface area contributed by atoms with E-state index in [2.05, 4.69) is 15.4 Å². The lowest BCUT2D eigenvalue weighted by atomic mass is 10.0. The third-order valence-corrected chi connectivity index (χ3v) is 2.46. The highest BCUT2D eigenvalue weighted by atomic mass is 16.5. The predicted octanol–water partition coefficient (Wildman–Crippen LogP) is -1.19. The van der Waals surface area contributed by atoms with Crippen LogP contribution in [-0.2, 0) is 19.1 Å². The molecule has 0 fully saturated rings. The van der Waals surface area contributed by atoms with E-state index >= 15 is 0 Å². The van der Waals surface area contributed by atoms with E-state index in [0.717, 1.165) is 7.11 Å². The van der Waals surface area contributed by atoms with E-state index in [1.807, 2.05) is 0 Å². The van der Waals surface area contributed by atoms with Gasteiger partial charge in [-0.3, -0.25) is 9.59 Å². The highest BCUT2D eigenvalue weighted by Gasteiger charge is 2.27. The number of nitrogens with two attached hydrogens (primary N) is 1. The summed E-state index contributed by atoms with van der Waals surface area (Å²) in [6.45, 7) is 3.33. The minimum absolute atomic E-state index is 0.262. The van der Waals surface area contributed by atoms with Gasteiger partial charge in [-0.15, -0.1) is 0 Å². The van der Waals surface area contributed by atoms with E-state index in [4.69, 9.17) is 10.8 Å². The SMILES string of the molecule is COC(=O)C[C@H](NC(=O)NC(C(N)=O)C(C)C)C(=O)O. The number of aliphatic carboxylic acids is 1. The monoisotopic (exact) mass is 289 g/mol. The van der Waals surface area contributed by atoms with Gasteiger partial charge in [0.2, 0.25) is 5.91 Å². The van der Waals surface area contributed by atoms with Crippen LogP contribution in [0.15, 0.2) is 0 Å². The van der Waals surface area contributed by atoms with Gasteiger partial charge in [0.05, 0.1) is 13.5 Å². The third-order valence-electron chi connectivity index (χ3n) is 2.46. The molecule has 20 heavy (non-hydrogen) atoms. The molecular formula is C11H19N3O6. The topological polar surface area (TPSA) is 148 Å². The number of rotatable bonds is 7. The molecule has 3 amide bonds. The van der Waals surface area contributed by atoms with Gasteiger partial charge in [0, 0.05) is 0 Å². The molecule has 5 N–H and O–H groups in total. The Morgan fingerprint density at radius 1 is 1.20 bits per heavy atom. The van der Waals surface area contributed by atoms with E-state index in [9.17, 15) is 19.2 Å². The molecule has 9 heteroatoms. The molecule has 0 aromatic rings. The molecule has 0 aliphatic rings. The Morgan fingerprint density at radius 3 is 2.10 bits per heavy atom. The first-order valence-electron chi connectivity index (χ1n) is 5.85. The number of hydrogen-bond acceptors (Lipinski definition) is 5. The van der Waals surface area contributed by atoms with E-state index in [-0.39, 0.29) is 5.92 Å². The maximum absolute atomic E-state index is 11.6. The summed E-state index contributed by atoms with van der Waals surface area (Å²) < 4.78 is 4.32. The summed E-state index contributed by atoms with van der Waals surface area (Å²) in [5.41, 5.74) is 5.11. The fraction of sp³-hybridized carbons (Fsp3) is 0.636. The summed E-state index contributed by atoms with van der Waals surface area (Å²) >= 11 is 0. The summed E-state index contributed by atoms with van der Waals surface area (Å²) in [7, 11) is 1.10. The van der Waals surface area contributed by atoms with Crippen LogP contribution in [0.5, 0.6) is 0 Å². The fourth-order valence-electron chi connectivity index (χ4n) is 1.36. The number of esters is 1. The molecule has 0 saturated carbocycles. The molecule has 9 nitrogen and oxygen atoms in total. The van der Waals surface area contributed by atoms with Crippen molar-refractivity contribution in [1.82, 2.24) is 10.6 Å². The molecule has 0 saturated heterocycles. The number of primary amides is 1. The lowest BCUT2D eigenvalue weighted by Gasteiger charge is -2.21. The Hall–Kier alpha value is -2.32. The van der Waals surface area contributed by atoms with Crippen molar-refractivity contribution in [3.05, 3.63) is 0 Å². The summed E-state index contributed by atoms with van der Waals surface area (Å²) in [5.74, 6) is -3.18. The number of urea groups is 1. The first-order chi connectivity index (χ1) is 9.18. The molecule has 0 radical (unpaired) electrons. The molecule has 0 aliphatic carbocycles. The zero-order valence-corrected chi connectivity index (χ0v) is 11.5. The molecule has 0 bridgehead atoms. The van der Waals surface area contributed by atoms with Crippen LogP contribution in [0.2, 0.25) is 0 Å². The summed E-state index contributed by atoms with van der Waals surface area (Å²) in [6, 6.07) is -3.30. The maximum atomic E-state index is 11.6. The average Bonchev–Trinajstić information content (AvgIpc) is 2.33. The van der Waals surface area contributed by atoms with Crippen LogP contribution in [-0.4, -0.2) is 48.2 Å². The average molecular weight is 289 g/mol. The molecule has 0 aromatic carbocycles. The van der Waals surface area contributed by atoms with Crippen molar-refractivity contribution in [3.63, 3.8) is 0 Å². The number of nitrogens with one attached hydrogen (secondary N) is 2. The van der Waals surface area contributed by atoms with Gasteiger partial charge >= 0.3 is 18.0 Å². The molecule has 0 heterocycles. The smallest absolute Gasteiger partial charge is 0.326 e. The zero-order chi connectivity index (χ0) is 15.9. The van der Waals surface area contributed by atoms with Gasteiger partial charge in [0.1, 0.15) is 12.1 Å². The number of carbonyl (C=O) groups excluding carboxylic acids is 3. The van der Waals surface area contributed by atoms with Crippen LogP contribution in [0.4, 0.5) is 4.79 Å². The Kier molecular flexibility index (Phi) is 7.05. The van der Waals surface area contributed by atoms with Crippen molar-refractivity contribution in [2.75, 3.05) is 7.11 Å². The van der Waals surface area contributed by atoms with Crippen molar-refractivity contribution in [2.45, 2.75) is 32.4 Å². The van der Waals surface area contributed by atoms with Crippen LogP contribution in [0.25, 0.3) is 0 Å². The molecule has 0 aromatic heterocycles. The quantitative estimate of drug-likeness (QED) is 0.433. The minimum Gasteiger partial charge on any atom is -0.480 e. The Balaban J connectivity index is 4.64. The molecule has 114 valence electrons. The number of methoxy groups -OCH3 is 1. The summed E-state index contributed by atoms with van der Waals surface area (Å²) in [6.07, 6.45) is -0.526. The van der Waals surface area contributed by atoms with Crippen LogP contribution < -0.4 is 16.4 Å². The highest BCUT2D eigenvalue weighted by Crippen LogP contribution is 2.01. The lowest BCUT2D eigenvalue weighted by Crippen LogP contribution is -2.54. The van der Waals surface area contributed by atoms with Gasteiger partial charge in [-0.2, -0.15) is 0 Å². The van der Waals surface area contributed by atoms with Crippen molar-refractivity contribution in [1.29, 1.82) is 0 Å². The predicted molar refractivity (Wildman–Crippen MR) is 67.5 cm³/mol. The van der Waals surface area contributed by atoms with Crippen molar-refractivity contribution in [2.24, 2.45) is 11.7 Å². The van der Waals surface area contributed by atoms with Crippen LogP contribution in [0.1, 0.15) is 20.3 Å². The Labute approximate surface area is 115 Å². The number of ether oxygens (including phenoxy) is 1. The van der Waals surface area contributed by atoms with Crippen LogP contribution in [0, 0.1) is 5.92 Å². The first-order valence-corrected chi connectivity index (χ1v) is 5.85. The largest absolute Gasteiger partial charge is 0.480 e. The first kappa shape index (κ1) is 17.7. The molecule has 0 spiro atoms. The zero-order valence-electron chi connectivity index (χ0n) is 11.5. The second-order valence-electron chi connectivity index (χ2n) is 4.41. The van der Waals surface area contributed by atoms with Gasteiger partial charge in [0.25, 0.3) is 0 Å². The van der Waals surface area contributed by atoms with Gasteiger partial charge in [-0.05, 0) is 5.92 Å². The van der Waals surface area contributed by atoms with E-state index in [0.29, 0.717) is 0 Å². The van der Waals surface area contributed by atoms with E-state index in [1.54, 1.807) is 13.8 Å². The second kappa shape index (κ2) is 7.97. The number of carboxylic acids is 1. The highest BCUT2D eigenvalue weighted by molar-refractivity contribution is 5.89. The standard InChI is InChI=1S/C11H19N3O6/c1-5(2)8(9(12)16)14-11(19)13-6(10(17)18)4-7(15)20-3/h5-6,8H,4H2,1-3H3,(H2,12,16)(H,17,18)(H2,13,14,19)/t6-,8?/m0/s1. The molecular weight excluding hydrogens is 270 g/mol. The Bertz CT molecular complexity index is 396. The Morgan fingerprint density at radius 2 is 1.75 bits per heavy atom. The number of hydrogen-bond donors (Lipinski definition) is 4. The number of carbonyl (C=O) groups is 4. The summed E-state index contributed by atoms with van der Waals surface area (Å²) in [4.78, 5) is 44.6. The molecule has 1 unspecified atom stereocenters. The van der Waals surface area contributed by atoms with Gasteiger partial charge in [0.15, 0.2) is 0 Å². The number of amides is 3. The van der Waals surface area contributed by atoms with Gasteiger partial charge in [-0.1, -0.05) is 13.8 Å². The molecule has 2 atom stereocenters. The second-order valence-corrected chi connectivity index (χ2v) is 4.41. The van der Waals surface area contributed by atoms with Crippen molar-refractivity contribution >= 4 is 23.9 Å². The molecule has 0 aliphatic heterocycles. The van der Waals surface area contributed by atoms with Crippen LogP contribution in [0.3, 0.4) is 0 Å². The number of carboxylic acid groups (broad SMARTS) is 1. The maximum Gasteiger partial charge on any atom is 0.326 e. The third kappa shape index (κ3) is 6.03. The normalized spacial score (nSPS) is 13.2. The van der Waals surface area contributed by atoms with Gasteiger partial charge < -0.3 is 26.2 Å². The lowest BCUT2D eigenvalue weighted by molar-refractivity contribution is -0.147. The van der Waals surface area contributed by atoms with Crippen molar-refractivity contribution < 1.29 is 29.0 Å². The minimum atomic E-state index is -1.46. The fourth-order valence-corrected chi connectivity index (χ4v) is 1.36.